The van der Waals surface area contributed by atoms with Gasteiger partial charge in [-0.1, -0.05) is 30.3 Å². The Morgan fingerprint density at radius 2 is 1.86 bits per heavy atom. The van der Waals surface area contributed by atoms with E-state index in [1.54, 1.807) is 6.07 Å². The third-order valence-electron chi connectivity index (χ3n) is 2.93. The third-order valence-corrected chi connectivity index (χ3v) is 2.93. The highest BCUT2D eigenvalue weighted by Crippen LogP contribution is 2.19. The molecule has 0 fully saturated rings. The molecule has 0 saturated heterocycles. The summed E-state index contributed by atoms with van der Waals surface area (Å²) in [7, 11) is 0. The van der Waals surface area contributed by atoms with Crippen molar-refractivity contribution < 1.29 is 14.3 Å². The molecule has 3 rings (SSSR count). The first kappa shape index (κ1) is 13.3. The number of hydrogen-bond donors (Lipinski definition) is 1. The van der Waals surface area contributed by atoms with Crippen LogP contribution in [0, 0.1) is 0 Å². The van der Waals surface area contributed by atoms with Gasteiger partial charge in [-0.05, 0) is 29.8 Å². The van der Waals surface area contributed by atoms with Crippen molar-refractivity contribution >= 4 is 0 Å². The van der Waals surface area contributed by atoms with E-state index in [1.807, 2.05) is 48.5 Å². The van der Waals surface area contributed by atoms with E-state index in [2.05, 4.69) is 10.2 Å². The molecule has 1 N–H and O–H groups in total. The van der Waals surface area contributed by atoms with Gasteiger partial charge in [-0.15, -0.1) is 10.2 Å². The van der Waals surface area contributed by atoms with Crippen LogP contribution in [0.25, 0.3) is 11.5 Å². The molecule has 0 unspecified atom stereocenters. The van der Waals surface area contributed by atoms with Crippen LogP contribution < -0.4 is 4.74 Å². The predicted molar refractivity (Wildman–Crippen MR) is 76.4 cm³/mol. The fourth-order valence-corrected chi connectivity index (χ4v) is 1.89. The molecule has 0 aliphatic heterocycles. The van der Waals surface area contributed by atoms with E-state index in [1.165, 1.54) is 0 Å². The number of nitrogens with zero attached hydrogens (tertiary/aromatic N) is 2. The summed E-state index contributed by atoms with van der Waals surface area (Å²) in [6.45, 7) is 0.171. The highest BCUT2D eigenvalue weighted by atomic mass is 16.5. The lowest BCUT2D eigenvalue weighted by molar-refractivity contribution is 0.260. The van der Waals surface area contributed by atoms with Crippen LogP contribution in [0.2, 0.25) is 0 Å². The van der Waals surface area contributed by atoms with Gasteiger partial charge in [-0.2, -0.15) is 0 Å². The van der Waals surface area contributed by atoms with E-state index < -0.39 is 0 Å². The molecule has 0 aliphatic rings. The van der Waals surface area contributed by atoms with Gasteiger partial charge in [0.25, 0.3) is 5.89 Å². The lowest BCUT2D eigenvalue weighted by Gasteiger charge is -2.04. The Balaban J connectivity index is 1.67. The number of ether oxygens (including phenoxy) is 1. The molecule has 0 bridgehead atoms. The van der Waals surface area contributed by atoms with Gasteiger partial charge in [0.1, 0.15) is 5.75 Å². The molecule has 0 spiro atoms. The zero-order chi connectivity index (χ0) is 14.5. The van der Waals surface area contributed by atoms with Crippen LogP contribution in [0.1, 0.15) is 11.5 Å². The van der Waals surface area contributed by atoms with E-state index in [4.69, 9.17) is 14.3 Å². The molecule has 0 atom stereocenters. The topological polar surface area (TPSA) is 68.4 Å². The number of aliphatic hydroxyl groups excluding tert-OH is 1. The Morgan fingerprint density at radius 3 is 2.67 bits per heavy atom. The van der Waals surface area contributed by atoms with Crippen molar-refractivity contribution in [1.82, 2.24) is 10.2 Å². The van der Waals surface area contributed by atoms with Crippen molar-refractivity contribution in [1.29, 1.82) is 0 Å². The maximum atomic E-state index is 9.08. The molecular weight excluding hydrogens is 268 g/mol. The van der Waals surface area contributed by atoms with Gasteiger partial charge in [0, 0.05) is 5.56 Å². The molecule has 0 amide bonds. The monoisotopic (exact) mass is 282 g/mol. The summed E-state index contributed by atoms with van der Waals surface area (Å²) in [5.41, 5.74) is 1.67. The second-order valence-electron chi connectivity index (χ2n) is 4.46. The second kappa shape index (κ2) is 6.19. The first-order valence-corrected chi connectivity index (χ1v) is 6.55. The zero-order valence-electron chi connectivity index (χ0n) is 11.3. The van der Waals surface area contributed by atoms with Crippen LogP contribution in [-0.2, 0) is 13.2 Å². The van der Waals surface area contributed by atoms with Crippen LogP contribution in [0.15, 0.2) is 59.0 Å². The van der Waals surface area contributed by atoms with Gasteiger partial charge in [0.05, 0.1) is 6.61 Å². The normalized spacial score (nSPS) is 10.5. The molecular formula is C16H14N2O3. The van der Waals surface area contributed by atoms with E-state index in [0.717, 1.165) is 11.1 Å². The number of aliphatic hydroxyl groups is 1. The van der Waals surface area contributed by atoms with Crippen LogP contribution in [-0.4, -0.2) is 15.3 Å². The molecule has 5 heteroatoms. The number of hydrogen-bond acceptors (Lipinski definition) is 5. The largest absolute Gasteiger partial charge is 0.484 e. The summed E-state index contributed by atoms with van der Waals surface area (Å²) in [5.74, 6) is 1.53. The van der Waals surface area contributed by atoms with Gasteiger partial charge < -0.3 is 14.3 Å². The lowest BCUT2D eigenvalue weighted by atomic mass is 10.2. The third kappa shape index (κ3) is 3.27. The van der Waals surface area contributed by atoms with Crippen molar-refractivity contribution in [3.05, 3.63) is 66.1 Å². The SMILES string of the molecule is OCc1cccc(OCc2nnc(-c3ccccc3)o2)c1. The molecule has 1 heterocycles. The maximum Gasteiger partial charge on any atom is 0.254 e. The van der Waals surface area contributed by atoms with E-state index in [-0.39, 0.29) is 13.2 Å². The molecule has 21 heavy (non-hydrogen) atoms. The van der Waals surface area contributed by atoms with Crippen molar-refractivity contribution in [2.45, 2.75) is 13.2 Å². The Bertz CT molecular complexity index is 710. The number of aromatic nitrogens is 2. The van der Waals surface area contributed by atoms with Crippen molar-refractivity contribution in [2.75, 3.05) is 0 Å². The molecule has 0 saturated carbocycles. The molecule has 5 nitrogen and oxygen atoms in total. The van der Waals surface area contributed by atoms with Crippen molar-refractivity contribution in [3.8, 4) is 17.2 Å². The van der Waals surface area contributed by atoms with Crippen molar-refractivity contribution in [3.63, 3.8) is 0 Å². The van der Waals surface area contributed by atoms with E-state index in [9.17, 15) is 0 Å². The molecule has 1 aromatic heterocycles. The Morgan fingerprint density at radius 1 is 1.00 bits per heavy atom. The van der Waals surface area contributed by atoms with Gasteiger partial charge in [0.2, 0.25) is 5.89 Å². The van der Waals surface area contributed by atoms with Crippen LogP contribution in [0.4, 0.5) is 0 Å². The summed E-state index contributed by atoms with van der Waals surface area (Å²) in [5, 5.41) is 17.0. The zero-order valence-corrected chi connectivity index (χ0v) is 11.3. The standard InChI is InChI=1S/C16H14N2O3/c19-10-12-5-4-8-14(9-12)20-11-15-17-18-16(21-15)13-6-2-1-3-7-13/h1-9,19H,10-11H2. The summed E-state index contributed by atoms with van der Waals surface area (Å²) in [6, 6.07) is 16.8. The molecule has 0 aliphatic carbocycles. The average molecular weight is 282 g/mol. The van der Waals surface area contributed by atoms with Gasteiger partial charge in [-0.3, -0.25) is 0 Å². The maximum absolute atomic E-state index is 9.08. The minimum absolute atomic E-state index is 0.0179. The first-order valence-electron chi connectivity index (χ1n) is 6.55. The minimum Gasteiger partial charge on any atom is -0.484 e. The highest BCUT2D eigenvalue weighted by molar-refractivity contribution is 5.51. The fraction of sp³-hybridized carbons (Fsp3) is 0.125. The van der Waals surface area contributed by atoms with Crippen LogP contribution in [0.3, 0.4) is 0 Å². The van der Waals surface area contributed by atoms with E-state index >= 15 is 0 Å². The van der Waals surface area contributed by atoms with Crippen LogP contribution in [0.5, 0.6) is 5.75 Å². The molecule has 0 radical (unpaired) electrons. The van der Waals surface area contributed by atoms with E-state index in [0.29, 0.717) is 17.5 Å². The summed E-state index contributed by atoms with van der Waals surface area (Å²) >= 11 is 0. The second-order valence-corrected chi connectivity index (χ2v) is 4.46. The highest BCUT2D eigenvalue weighted by Gasteiger charge is 2.08. The fourth-order valence-electron chi connectivity index (χ4n) is 1.89. The molecule has 106 valence electrons. The predicted octanol–water partition coefficient (Wildman–Crippen LogP) is 2.81. The summed E-state index contributed by atoms with van der Waals surface area (Å²) < 4.78 is 11.1. The summed E-state index contributed by atoms with van der Waals surface area (Å²) in [4.78, 5) is 0. The Kier molecular flexibility index (Phi) is 3.93. The quantitative estimate of drug-likeness (QED) is 0.779. The van der Waals surface area contributed by atoms with Crippen LogP contribution >= 0.6 is 0 Å². The molecule has 2 aromatic carbocycles. The Hall–Kier alpha value is -2.66. The average Bonchev–Trinajstić information content (AvgIpc) is 3.03. The minimum atomic E-state index is -0.0179. The van der Waals surface area contributed by atoms with Gasteiger partial charge in [-0.25, -0.2) is 0 Å². The smallest absolute Gasteiger partial charge is 0.254 e. The summed E-state index contributed by atoms with van der Waals surface area (Å²) in [6.07, 6.45) is 0. The number of benzene rings is 2. The lowest BCUT2D eigenvalue weighted by Crippen LogP contribution is -1.96. The first-order chi connectivity index (χ1) is 10.3. The van der Waals surface area contributed by atoms with Gasteiger partial charge >= 0.3 is 0 Å². The number of rotatable bonds is 5. The van der Waals surface area contributed by atoms with Crippen molar-refractivity contribution in [2.24, 2.45) is 0 Å². The van der Waals surface area contributed by atoms with Gasteiger partial charge in [0.15, 0.2) is 6.61 Å². The molecule has 3 aromatic rings. The Labute approximate surface area is 121 Å².